The second-order valence-electron chi connectivity index (χ2n) is 17.9. The van der Waals surface area contributed by atoms with Crippen LogP contribution in [0, 0.1) is 0 Å². The Kier molecular flexibility index (Phi) is 49.4. The Morgan fingerprint density at radius 3 is 0.905 bits per heavy atom. The SMILES string of the molecule is CCCCCCC\C=C/C=C\C=C/CCCCCCCC(=O)OCC(COC(=O)CCCCCCCCCCCCC)OC(=O)CCCCC/C=C\C=C/CCCCCCCCC. The topological polar surface area (TPSA) is 78.9 Å². The van der Waals surface area contributed by atoms with Crippen molar-refractivity contribution in [2.75, 3.05) is 13.2 Å². The molecule has 0 bridgehead atoms. The van der Waals surface area contributed by atoms with Crippen molar-refractivity contribution in [3.8, 4) is 0 Å². The number of hydrogen-bond acceptors (Lipinski definition) is 6. The van der Waals surface area contributed by atoms with E-state index in [-0.39, 0.29) is 31.1 Å². The molecule has 0 aliphatic heterocycles. The number of esters is 3. The Morgan fingerprint density at radius 2 is 0.571 bits per heavy atom. The second-order valence-corrected chi connectivity index (χ2v) is 17.9. The van der Waals surface area contributed by atoms with Crippen LogP contribution in [0.2, 0.25) is 0 Å². The Hall–Kier alpha value is -2.89. The zero-order valence-corrected chi connectivity index (χ0v) is 41.6. The summed E-state index contributed by atoms with van der Waals surface area (Å²) >= 11 is 0. The molecular weight excluding hydrogens is 781 g/mol. The molecule has 364 valence electrons. The van der Waals surface area contributed by atoms with Gasteiger partial charge in [0.1, 0.15) is 13.2 Å². The van der Waals surface area contributed by atoms with Crippen molar-refractivity contribution in [2.24, 2.45) is 0 Å². The highest BCUT2D eigenvalue weighted by molar-refractivity contribution is 5.71. The molecule has 0 aromatic heterocycles. The van der Waals surface area contributed by atoms with Crippen molar-refractivity contribution in [3.05, 3.63) is 60.8 Å². The number of allylic oxidation sites excluding steroid dienone is 10. The van der Waals surface area contributed by atoms with E-state index in [1.54, 1.807) is 0 Å². The molecule has 0 aliphatic rings. The smallest absolute Gasteiger partial charge is 0.306 e. The predicted octanol–water partition coefficient (Wildman–Crippen LogP) is 17.6. The average molecular weight is 881 g/mol. The van der Waals surface area contributed by atoms with Crippen molar-refractivity contribution >= 4 is 17.9 Å². The minimum atomic E-state index is -0.794. The first-order valence-electron chi connectivity index (χ1n) is 26.8. The molecule has 0 radical (unpaired) electrons. The Morgan fingerprint density at radius 1 is 0.317 bits per heavy atom. The normalized spacial score (nSPS) is 12.5. The molecule has 0 fully saturated rings. The van der Waals surface area contributed by atoms with Gasteiger partial charge in [-0.25, -0.2) is 0 Å². The van der Waals surface area contributed by atoms with Gasteiger partial charge in [0.2, 0.25) is 0 Å². The fourth-order valence-electron chi connectivity index (χ4n) is 7.49. The van der Waals surface area contributed by atoms with E-state index in [1.807, 2.05) is 0 Å². The first kappa shape index (κ1) is 60.1. The van der Waals surface area contributed by atoms with Gasteiger partial charge >= 0.3 is 17.9 Å². The van der Waals surface area contributed by atoms with E-state index < -0.39 is 6.10 Å². The maximum Gasteiger partial charge on any atom is 0.306 e. The van der Waals surface area contributed by atoms with Crippen molar-refractivity contribution in [3.63, 3.8) is 0 Å². The molecule has 0 rings (SSSR count). The standard InChI is InChI=1S/C57H100O6/c1-4-7-10-13-16-19-22-24-26-28-29-31-32-35-38-41-44-47-50-56(59)62-53-54(52-61-55(58)49-46-43-40-37-34-21-18-15-12-9-6-3)63-57(60)51-48-45-42-39-36-33-30-27-25-23-20-17-14-11-8-5-2/h22,24,26-31,33,36,54H,4-21,23,25,32,34-35,37-53H2,1-3H3/b24-22-,28-26-,30-27-,31-29-,36-33-. The van der Waals surface area contributed by atoms with Gasteiger partial charge in [-0.05, 0) is 70.6 Å². The van der Waals surface area contributed by atoms with Crippen LogP contribution in [0.15, 0.2) is 60.8 Å². The van der Waals surface area contributed by atoms with E-state index in [0.717, 1.165) is 89.9 Å². The molecule has 6 heteroatoms. The molecule has 0 spiro atoms. The quantitative estimate of drug-likeness (QED) is 0.0262. The summed E-state index contributed by atoms with van der Waals surface area (Å²) in [6.45, 7) is 6.58. The lowest BCUT2D eigenvalue weighted by Crippen LogP contribution is -2.30. The van der Waals surface area contributed by atoms with Crippen LogP contribution < -0.4 is 0 Å². The van der Waals surface area contributed by atoms with Gasteiger partial charge in [0.15, 0.2) is 6.10 Å². The minimum Gasteiger partial charge on any atom is -0.462 e. The lowest BCUT2D eigenvalue weighted by Gasteiger charge is -2.18. The van der Waals surface area contributed by atoms with Gasteiger partial charge in [0.05, 0.1) is 0 Å². The molecule has 1 unspecified atom stereocenters. The zero-order chi connectivity index (χ0) is 45.8. The molecule has 0 saturated carbocycles. The summed E-state index contributed by atoms with van der Waals surface area (Å²) in [7, 11) is 0. The zero-order valence-electron chi connectivity index (χ0n) is 41.6. The van der Waals surface area contributed by atoms with Crippen molar-refractivity contribution < 1.29 is 28.6 Å². The van der Waals surface area contributed by atoms with Gasteiger partial charge in [-0.3, -0.25) is 14.4 Å². The van der Waals surface area contributed by atoms with Crippen LogP contribution in [0.25, 0.3) is 0 Å². The molecule has 0 saturated heterocycles. The van der Waals surface area contributed by atoms with Crippen LogP contribution in [0.5, 0.6) is 0 Å². The maximum atomic E-state index is 12.8. The van der Waals surface area contributed by atoms with Crippen LogP contribution in [0.3, 0.4) is 0 Å². The summed E-state index contributed by atoms with van der Waals surface area (Å²) < 4.78 is 16.8. The van der Waals surface area contributed by atoms with Gasteiger partial charge < -0.3 is 14.2 Å². The molecule has 0 heterocycles. The third-order valence-corrected chi connectivity index (χ3v) is 11.6. The lowest BCUT2D eigenvalue weighted by atomic mass is 10.1. The average Bonchev–Trinajstić information content (AvgIpc) is 3.28. The number of unbranched alkanes of at least 4 members (excludes halogenated alkanes) is 30. The molecule has 0 aliphatic carbocycles. The van der Waals surface area contributed by atoms with E-state index in [4.69, 9.17) is 14.2 Å². The highest BCUT2D eigenvalue weighted by atomic mass is 16.6. The number of rotatable bonds is 48. The summed E-state index contributed by atoms with van der Waals surface area (Å²) in [6.07, 6.45) is 63.4. The monoisotopic (exact) mass is 881 g/mol. The summed E-state index contributed by atoms with van der Waals surface area (Å²) in [5.74, 6) is -0.932. The summed E-state index contributed by atoms with van der Waals surface area (Å²) in [6, 6.07) is 0. The number of carbonyl (C=O) groups is 3. The molecule has 1 atom stereocenters. The second kappa shape index (κ2) is 51.7. The predicted molar refractivity (Wildman–Crippen MR) is 270 cm³/mol. The number of hydrogen-bond donors (Lipinski definition) is 0. The molecule has 0 aromatic carbocycles. The van der Waals surface area contributed by atoms with Crippen molar-refractivity contribution in [1.82, 2.24) is 0 Å². The third-order valence-electron chi connectivity index (χ3n) is 11.6. The lowest BCUT2D eigenvalue weighted by molar-refractivity contribution is -0.167. The number of carbonyl (C=O) groups excluding carboxylic acids is 3. The third kappa shape index (κ3) is 50.0. The molecule has 0 N–H and O–H groups in total. The maximum absolute atomic E-state index is 12.8. The van der Waals surface area contributed by atoms with Crippen molar-refractivity contribution in [1.29, 1.82) is 0 Å². The number of ether oxygens (including phenoxy) is 3. The Balaban J connectivity index is 4.44. The minimum absolute atomic E-state index is 0.0900. The van der Waals surface area contributed by atoms with Crippen molar-refractivity contribution in [2.45, 2.75) is 271 Å². The van der Waals surface area contributed by atoms with Gasteiger partial charge in [-0.1, -0.05) is 236 Å². The molecular formula is C57H100O6. The van der Waals surface area contributed by atoms with Crippen LogP contribution in [0.1, 0.15) is 265 Å². The van der Waals surface area contributed by atoms with Gasteiger partial charge in [-0.2, -0.15) is 0 Å². The molecule has 0 amide bonds. The van der Waals surface area contributed by atoms with Crippen LogP contribution in [-0.4, -0.2) is 37.2 Å². The highest BCUT2D eigenvalue weighted by Gasteiger charge is 2.19. The molecule has 63 heavy (non-hydrogen) atoms. The van der Waals surface area contributed by atoms with Crippen LogP contribution in [0.4, 0.5) is 0 Å². The van der Waals surface area contributed by atoms with Gasteiger partial charge in [0, 0.05) is 19.3 Å². The largest absolute Gasteiger partial charge is 0.462 e. The van der Waals surface area contributed by atoms with E-state index in [9.17, 15) is 14.4 Å². The van der Waals surface area contributed by atoms with E-state index in [0.29, 0.717) is 19.3 Å². The summed E-state index contributed by atoms with van der Waals surface area (Å²) in [5.41, 5.74) is 0. The first-order valence-corrected chi connectivity index (χ1v) is 26.8. The first-order chi connectivity index (χ1) is 31.0. The van der Waals surface area contributed by atoms with Gasteiger partial charge in [-0.15, -0.1) is 0 Å². The van der Waals surface area contributed by atoms with E-state index in [1.165, 1.54) is 135 Å². The van der Waals surface area contributed by atoms with Gasteiger partial charge in [0.25, 0.3) is 0 Å². The fraction of sp³-hybridized carbons (Fsp3) is 0.772. The van der Waals surface area contributed by atoms with E-state index >= 15 is 0 Å². The van der Waals surface area contributed by atoms with Crippen LogP contribution >= 0.6 is 0 Å². The Labute approximate surface area is 390 Å². The fourth-order valence-corrected chi connectivity index (χ4v) is 7.49. The molecule has 0 aromatic rings. The summed E-state index contributed by atoms with van der Waals surface area (Å²) in [5, 5.41) is 0. The Bertz CT molecular complexity index is 1150. The van der Waals surface area contributed by atoms with Crippen LogP contribution in [-0.2, 0) is 28.6 Å². The highest BCUT2D eigenvalue weighted by Crippen LogP contribution is 2.14. The molecule has 6 nitrogen and oxygen atoms in total. The van der Waals surface area contributed by atoms with E-state index in [2.05, 4.69) is 81.5 Å². The summed E-state index contributed by atoms with van der Waals surface area (Å²) in [4.78, 5) is 38.0.